The van der Waals surface area contributed by atoms with Crippen LogP contribution in [0, 0.1) is 27.4 Å². The number of carbonyl (C=O) groups is 3. The summed E-state index contributed by atoms with van der Waals surface area (Å²) in [5, 5.41) is 11.1. The molecule has 0 aliphatic rings. The fourth-order valence-electron chi connectivity index (χ4n) is 2.59. The highest BCUT2D eigenvalue weighted by molar-refractivity contribution is 7.99. The first kappa shape index (κ1) is 43.2. The van der Waals surface area contributed by atoms with E-state index in [9.17, 15) is 14.4 Å². The topological polar surface area (TPSA) is 143 Å². The van der Waals surface area contributed by atoms with E-state index in [4.69, 9.17) is 16.4 Å². The van der Waals surface area contributed by atoms with Gasteiger partial charge in [0, 0.05) is 49.7 Å². The SMILES string of the molecule is CCOC(=O)CCSc1ncn(C)c1C.Cc1c(S)ncn1C.Cc1c(SCCC(=O)O)ncn1C.Cl.[CH+]=CC(=O)OCC. The molecule has 0 aliphatic heterocycles. The highest BCUT2D eigenvalue weighted by Gasteiger charge is 2.07. The van der Waals surface area contributed by atoms with Gasteiger partial charge in [-0.15, -0.1) is 53.4 Å². The van der Waals surface area contributed by atoms with Gasteiger partial charge in [-0.05, 0) is 34.6 Å². The number of thiol groups is 1. The Bertz CT molecular complexity index is 1280. The van der Waals surface area contributed by atoms with E-state index in [1.165, 1.54) is 11.8 Å². The van der Waals surface area contributed by atoms with Crippen LogP contribution < -0.4 is 0 Å². The van der Waals surface area contributed by atoms with Crippen molar-refractivity contribution in [3.05, 3.63) is 48.7 Å². The molecule has 0 unspecified atom stereocenters. The van der Waals surface area contributed by atoms with Crippen molar-refractivity contribution in [3.63, 3.8) is 0 Å². The summed E-state index contributed by atoms with van der Waals surface area (Å²) in [5.41, 5.74) is 3.31. The number of esters is 2. The van der Waals surface area contributed by atoms with E-state index in [2.05, 4.69) is 32.3 Å². The minimum Gasteiger partial charge on any atom is -0.481 e. The highest BCUT2D eigenvalue weighted by Crippen LogP contribution is 2.21. The Morgan fingerprint density at radius 1 is 0.841 bits per heavy atom. The second-order valence-electron chi connectivity index (χ2n) is 8.57. The third kappa shape index (κ3) is 18.0. The summed E-state index contributed by atoms with van der Waals surface area (Å²) in [6.07, 6.45) is 6.77. The van der Waals surface area contributed by atoms with Crippen molar-refractivity contribution < 1.29 is 29.0 Å². The Morgan fingerprint density at radius 3 is 1.55 bits per heavy atom. The summed E-state index contributed by atoms with van der Waals surface area (Å²) in [6, 6.07) is 0. The standard InChI is InChI=1S/C10H16N2O2S.C8H12N2O2S.C5H8N2S.C5H7O2.ClH/c1-4-14-9(13)5-6-15-10-8(2)12(3)7-11-10;1-6-8(9-5-10(6)2)13-4-3-7(11)12;1-4-5(8)6-3-7(4)2;1-3-5(6)7-4-2;/h7H,4-6H2,1-3H3;5H,3-4H2,1-2H3,(H,11,12);3,8H,1-2H3;1,3H,4H2,2H3;1H/q;;;+1;. The number of carboxylic acid groups (broad SMARTS) is 1. The van der Waals surface area contributed by atoms with Crippen LogP contribution in [-0.4, -0.2) is 76.4 Å². The first-order chi connectivity index (χ1) is 20.3. The van der Waals surface area contributed by atoms with Crippen molar-refractivity contribution in [3.8, 4) is 0 Å². The summed E-state index contributed by atoms with van der Waals surface area (Å²) < 4.78 is 15.0. The molecule has 3 rings (SSSR count). The molecule has 3 aromatic rings. The van der Waals surface area contributed by atoms with Crippen LogP contribution in [0.5, 0.6) is 0 Å². The van der Waals surface area contributed by atoms with Gasteiger partial charge in [0.25, 0.3) is 0 Å². The first-order valence-electron chi connectivity index (χ1n) is 13.3. The van der Waals surface area contributed by atoms with Gasteiger partial charge in [-0.1, -0.05) is 0 Å². The van der Waals surface area contributed by atoms with E-state index in [1.807, 2.05) is 62.5 Å². The lowest BCUT2D eigenvalue weighted by atomic mass is 10.5. The molecule has 246 valence electrons. The molecule has 0 bridgehead atoms. The summed E-state index contributed by atoms with van der Waals surface area (Å²) in [7, 11) is 5.82. The second-order valence-corrected chi connectivity index (χ2v) is 11.2. The van der Waals surface area contributed by atoms with Gasteiger partial charge in [-0.25, -0.2) is 15.0 Å². The minimum absolute atomic E-state index is 0. The number of aryl methyl sites for hydroxylation is 3. The Hall–Kier alpha value is -2.97. The van der Waals surface area contributed by atoms with E-state index in [0.29, 0.717) is 25.4 Å². The molecular weight excluding hydrogens is 648 g/mol. The van der Waals surface area contributed by atoms with E-state index in [-0.39, 0.29) is 24.8 Å². The average Bonchev–Trinajstić information content (AvgIpc) is 3.57. The third-order valence-corrected chi connectivity index (χ3v) is 8.01. The molecule has 12 nitrogen and oxygen atoms in total. The molecule has 16 heteroatoms. The maximum atomic E-state index is 11.1. The Balaban J connectivity index is 0. The lowest BCUT2D eigenvalue weighted by molar-refractivity contribution is -0.142. The molecule has 0 saturated heterocycles. The number of halogens is 1. The Kier molecular flexibility index (Phi) is 23.9. The molecule has 0 saturated carbocycles. The van der Waals surface area contributed by atoms with Gasteiger partial charge in [0.15, 0.2) is 0 Å². The number of ether oxygens (including phenoxy) is 2. The number of hydrogen-bond donors (Lipinski definition) is 2. The molecule has 0 radical (unpaired) electrons. The number of hydrogen-bond acceptors (Lipinski definition) is 11. The van der Waals surface area contributed by atoms with Gasteiger partial charge >= 0.3 is 17.9 Å². The summed E-state index contributed by atoms with van der Waals surface area (Å²) in [4.78, 5) is 43.6. The molecule has 44 heavy (non-hydrogen) atoms. The minimum atomic E-state index is -0.763. The normalized spacial score (nSPS) is 9.55. The van der Waals surface area contributed by atoms with Crippen LogP contribution in [0.1, 0.15) is 43.8 Å². The zero-order chi connectivity index (χ0) is 32.9. The zero-order valence-corrected chi connectivity index (χ0v) is 29.8. The number of nitrogens with zero attached hydrogens (tertiary/aromatic N) is 6. The zero-order valence-electron chi connectivity index (χ0n) is 26.5. The lowest BCUT2D eigenvalue weighted by Gasteiger charge is -2.01. The first-order valence-corrected chi connectivity index (χ1v) is 15.7. The fraction of sp³-hybridized carbons (Fsp3) is 0.500. The van der Waals surface area contributed by atoms with E-state index >= 15 is 0 Å². The van der Waals surface area contributed by atoms with Crippen LogP contribution in [0.2, 0.25) is 0 Å². The van der Waals surface area contributed by atoms with Gasteiger partial charge in [-0.2, -0.15) is 0 Å². The van der Waals surface area contributed by atoms with Gasteiger partial charge < -0.3 is 28.3 Å². The lowest BCUT2D eigenvalue weighted by Crippen LogP contribution is -2.04. The Labute approximate surface area is 280 Å². The van der Waals surface area contributed by atoms with Crippen molar-refractivity contribution >= 4 is 66.5 Å². The van der Waals surface area contributed by atoms with Gasteiger partial charge in [0.05, 0.1) is 45.0 Å². The van der Waals surface area contributed by atoms with Crippen molar-refractivity contribution in [2.75, 3.05) is 24.7 Å². The summed E-state index contributed by atoms with van der Waals surface area (Å²) in [5.74, 6) is -0.0775. The maximum Gasteiger partial charge on any atom is 0.484 e. The molecule has 0 spiro atoms. The maximum absolute atomic E-state index is 11.1. The van der Waals surface area contributed by atoms with Gasteiger partial charge in [0.1, 0.15) is 21.7 Å². The van der Waals surface area contributed by atoms with Crippen molar-refractivity contribution in [2.24, 2.45) is 21.1 Å². The van der Waals surface area contributed by atoms with Crippen LogP contribution in [-0.2, 0) is 45.0 Å². The average molecular weight is 692 g/mol. The van der Waals surface area contributed by atoms with E-state index in [0.717, 1.165) is 44.0 Å². The molecular formula is C28H44ClN6O6S3+. The van der Waals surface area contributed by atoms with Crippen LogP contribution in [0.15, 0.2) is 40.1 Å². The van der Waals surface area contributed by atoms with E-state index in [1.54, 1.807) is 37.7 Å². The summed E-state index contributed by atoms with van der Waals surface area (Å²) in [6.45, 7) is 15.1. The Morgan fingerprint density at radius 2 is 1.27 bits per heavy atom. The van der Waals surface area contributed by atoms with Crippen LogP contribution in [0.4, 0.5) is 0 Å². The molecule has 0 aromatic carbocycles. The molecule has 0 aliphatic carbocycles. The number of imidazole rings is 3. The molecule has 0 amide bonds. The second kappa shape index (κ2) is 24.4. The molecule has 0 fully saturated rings. The number of carbonyl (C=O) groups excluding carboxylic acids is 2. The largest absolute Gasteiger partial charge is 0.484 e. The third-order valence-electron chi connectivity index (χ3n) is 5.41. The van der Waals surface area contributed by atoms with Crippen molar-refractivity contribution in [1.29, 1.82) is 0 Å². The molecule has 0 atom stereocenters. The summed E-state index contributed by atoms with van der Waals surface area (Å²) >= 11 is 7.16. The van der Waals surface area contributed by atoms with E-state index < -0.39 is 11.9 Å². The number of aliphatic carboxylic acids is 1. The highest BCUT2D eigenvalue weighted by atomic mass is 35.5. The number of thioether (sulfide) groups is 2. The number of rotatable bonds is 11. The van der Waals surface area contributed by atoms with Gasteiger partial charge in [0.2, 0.25) is 6.08 Å². The quantitative estimate of drug-likeness (QED) is 0.0917. The van der Waals surface area contributed by atoms with Gasteiger partial charge in [-0.3, -0.25) is 9.59 Å². The number of carboxylic acids is 1. The molecule has 3 heterocycles. The smallest absolute Gasteiger partial charge is 0.481 e. The predicted octanol–water partition coefficient (Wildman–Crippen LogP) is 5.05. The van der Waals surface area contributed by atoms with Crippen LogP contribution in [0.3, 0.4) is 0 Å². The fourth-order valence-corrected chi connectivity index (χ4v) is 4.68. The van der Waals surface area contributed by atoms with Crippen molar-refractivity contribution in [2.45, 2.75) is 62.5 Å². The molecule has 1 N–H and O–H groups in total. The van der Waals surface area contributed by atoms with Crippen LogP contribution >= 0.6 is 48.6 Å². The van der Waals surface area contributed by atoms with Crippen molar-refractivity contribution in [1.82, 2.24) is 28.7 Å². The molecule has 3 aromatic heterocycles. The predicted molar refractivity (Wildman–Crippen MR) is 179 cm³/mol. The van der Waals surface area contributed by atoms with Crippen LogP contribution in [0.25, 0.3) is 0 Å². The monoisotopic (exact) mass is 691 g/mol. The number of aromatic nitrogens is 6.